The second kappa shape index (κ2) is 8.93. The molecular formula is C26H26FN5O2. The van der Waals surface area contributed by atoms with Gasteiger partial charge in [-0.1, -0.05) is 17.3 Å². The summed E-state index contributed by atoms with van der Waals surface area (Å²) < 4.78 is 14.3. The lowest BCUT2D eigenvalue weighted by Gasteiger charge is -2.36. The molecule has 1 aliphatic heterocycles. The van der Waals surface area contributed by atoms with E-state index >= 15 is 0 Å². The second-order valence-corrected chi connectivity index (χ2v) is 8.95. The van der Waals surface area contributed by atoms with Crippen molar-refractivity contribution < 1.29 is 14.0 Å². The molecule has 5 rings (SSSR count). The Morgan fingerprint density at radius 1 is 1.18 bits per heavy atom. The number of oxime groups is 1. The number of nitrogens with zero attached hydrogens (tertiary/aromatic N) is 5. The lowest BCUT2D eigenvalue weighted by atomic mass is 9.78. The lowest BCUT2D eigenvalue weighted by molar-refractivity contribution is -0.142. The number of aryl methyl sites for hydroxylation is 2. The van der Waals surface area contributed by atoms with Crippen LogP contribution >= 0.6 is 0 Å². The van der Waals surface area contributed by atoms with E-state index in [4.69, 9.17) is 9.82 Å². The number of fused-ring (bicyclic) bond motifs is 1. The molecule has 1 aromatic carbocycles. The molecule has 1 aliphatic carbocycles. The summed E-state index contributed by atoms with van der Waals surface area (Å²) in [5, 5.41) is 4.54. The van der Waals surface area contributed by atoms with Gasteiger partial charge in [0.25, 0.3) is 0 Å². The van der Waals surface area contributed by atoms with Crippen molar-refractivity contribution in [1.82, 2.24) is 19.9 Å². The average Bonchev–Trinajstić information content (AvgIpc) is 2.77. The molecule has 3 aromatic rings. The summed E-state index contributed by atoms with van der Waals surface area (Å²) >= 11 is 0. The molecule has 0 N–H and O–H groups in total. The van der Waals surface area contributed by atoms with Gasteiger partial charge in [-0.05, 0) is 55.5 Å². The Morgan fingerprint density at radius 3 is 2.74 bits per heavy atom. The van der Waals surface area contributed by atoms with Gasteiger partial charge in [-0.15, -0.1) is 0 Å². The van der Waals surface area contributed by atoms with Crippen LogP contribution in [0, 0.1) is 19.7 Å². The van der Waals surface area contributed by atoms with E-state index in [-0.39, 0.29) is 23.7 Å². The molecule has 0 radical (unpaired) electrons. The summed E-state index contributed by atoms with van der Waals surface area (Å²) in [4.78, 5) is 32.5. The van der Waals surface area contributed by atoms with E-state index in [1.165, 1.54) is 6.07 Å². The van der Waals surface area contributed by atoms with Crippen LogP contribution in [-0.4, -0.2) is 50.7 Å². The molecule has 3 heterocycles. The summed E-state index contributed by atoms with van der Waals surface area (Å²) in [5.41, 5.74) is 6.21. The number of amides is 1. The SMILES string of the molecule is CC(=O)N1CC(ON=C2CC(c3ccc(F)cc3-c3cccnc3)Cc3nc(C)nc(C)c32)C1. The maximum absolute atomic E-state index is 14.3. The summed E-state index contributed by atoms with van der Waals surface area (Å²) in [6, 6.07) is 8.71. The van der Waals surface area contributed by atoms with Crippen LogP contribution in [-0.2, 0) is 16.1 Å². The normalized spacial score (nSPS) is 19.0. The zero-order chi connectivity index (χ0) is 23.8. The summed E-state index contributed by atoms with van der Waals surface area (Å²) in [6.45, 7) is 6.47. The molecule has 34 heavy (non-hydrogen) atoms. The molecule has 0 saturated carbocycles. The van der Waals surface area contributed by atoms with Gasteiger partial charge in [0.05, 0.1) is 30.2 Å². The van der Waals surface area contributed by atoms with E-state index < -0.39 is 0 Å². The van der Waals surface area contributed by atoms with E-state index in [2.05, 4.69) is 15.1 Å². The average molecular weight is 460 g/mol. The molecule has 1 atom stereocenters. The van der Waals surface area contributed by atoms with Gasteiger partial charge in [0.1, 0.15) is 11.6 Å². The van der Waals surface area contributed by atoms with Crippen LogP contribution in [0.3, 0.4) is 0 Å². The van der Waals surface area contributed by atoms with Crippen LogP contribution in [0.5, 0.6) is 0 Å². The first-order valence-corrected chi connectivity index (χ1v) is 11.4. The predicted molar refractivity (Wildman–Crippen MR) is 126 cm³/mol. The highest BCUT2D eigenvalue weighted by Gasteiger charge is 2.33. The third-order valence-electron chi connectivity index (χ3n) is 6.48. The number of likely N-dealkylation sites (tertiary alicyclic amines) is 1. The quantitative estimate of drug-likeness (QED) is 0.552. The summed E-state index contributed by atoms with van der Waals surface area (Å²) in [5.74, 6) is 0.494. The molecule has 0 bridgehead atoms. The van der Waals surface area contributed by atoms with Crippen LogP contribution in [0.4, 0.5) is 4.39 Å². The van der Waals surface area contributed by atoms with Crippen molar-refractivity contribution in [2.24, 2.45) is 5.16 Å². The molecule has 2 aromatic heterocycles. The van der Waals surface area contributed by atoms with Crippen molar-refractivity contribution in [3.05, 3.63) is 76.9 Å². The number of hydrogen-bond donors (Lipinski definition) is 0. The molecule has 1 unspecified atom stereocenters. The maximum Gasteiger partial charge on any atom is 0.219 e. The first kappa shape index (κ1) is 22.1. The highest BCUT2D eigenvalue weighted by atomic mass is 19.1. The number of carbonyl (C=O) groups excluding carboxylic acids is 1. The fraction of sp³-hybridized carbons (Fsp3) is 0.346. The fourth-order valence-corrected chi connectivity index (χ4v) is 4.81. The Balaban J connectivity index is 1.51. The molecule has 174 valence electrons. The van der Waals surface area contributed by atoms with E-state index in [9.17, 15) is 9.18 Å². The zero-order valence-electron chi connectivity index (χ0n) is 19.5. The summed E-state index contributed by atoms with van der Waals surface area (Å²) in [6.07, 6.45) is 4.64. The van der Waals surface area contributed by atoms with Gasteiger partial charge in [0.15, 0.2) is 6.10 Å². The molecular weight excluding hydrogens is 433 g/mol. The topological polar surface area (TPSA) is 80.6 Å². The highest BCUT2D eigenvalue weighted by molar-refractivity contribution is 6.03. The number of halogens is 1. The first-order valence-electron chi connectivity index (χ1n) is 11.4. The number of hydrogen-bond acceptors (Lipinski definition) is 6. The van der Waals surface area contributed by atoms with Gasteiger partial charge in [-0.25, -0.2) is 14.4 Å². The Labute approximate surface area is 197 Å². The van der Waals surface area contributed by atoms with Crippen molar-refractivity contribution in [2.45, 2.75) is 45.6 Å². The Bertz CT molecular complexity index is 1270. The van der Waals surface area contributed by atoms with Gasteiger partial charge >= 0.3 is 0 Å². The number of aromatic nitrogens is 3. The monoisotopic (exact) mass is 459 g/mol. The standard InChI is InChI=1S/C26H26FN5O2/c1-15-26-24(30-16(2)29-15)9-19(10-25(26)31-34-21-13-32(14-21)17(3)33)22-7-6-20(27)11-23(22)18-5-4-8-28-12-18/h4-8,11-12,19,21H,9-10,13-14H2,1-3H3. The van der Waals surface area contributed by atoms with Crippen LogP contribution in [0.25, 0.3) is 11.1 Å². The van der Waals surface area contributed by atoms with Gasteiger partial charge < -0.3 is 9.74 Å². The molecule has 1 saturated heterocycles. The third kappa shape index (κ3) is 4.27. The van der Waals surface area contributed by atoms with Crippen LogP contribution in [0.15, 0.2) is 47.9 Å². The molecule has 7 nitrogen and oxygen atoms in total. The zero-order valence-corrected chi connectivity index (χ0v) is 19.5. The van der Waals surface area contributed by atoms with E-state index in [0.29, 0.717) is 31.8 Å². The number of rotatable bonds is 4. The van der Waals surface area contributed by atoms with Crippen LogP contribution < -0.4 is 0 Å². The Morgan fingerprint density at radius 2 is 2.00 bits per heavy atom. The van der Waals surface area contributed by atoms with Crippen LogP contribution in [0.2, 0.25) is 0 Å². The summed E-state index contributed by atoms with van der Waals surface area (Å²) in [7, 11) is 0. The minimum Gasteiger partial charge on any atom is -0.388 e. The van der Waals surface area contributed by atoms with Crippen molar-refractivity contribution >= 4 is 11.6 Å². The molecule has 0 spiro atoms. The van der Waals surface area contributed by atoms with Gasteiger partial charge in [-0.3, -0.25) is 9.78 Å². The van der Waals surface area contributed by atoms with Crippen molar-refractivity contribution in [2.75, 3.05) is 13.1 Å². The number of benzene rings is 1. The maximum atomic E-state index is 14.3. The third-order valence-corrected chi connectivity index (χ3v) is 6.48. The molecule has 1 amide bonds. The van der Waals surface area contributed by atoms with Crippen LogP contribution in [0.1, 0.15) is 47.6 Å². The molecule has 1 fully saturated rings. The fourth-order valence-electron chi connectivity index (χ4n) is 4.81. The minimum absolute atomic E-state index is 0.0365. The Hall–Kier alpha value is -3.68. The largest absolute Gasteiger partial charge is 0.388 e. The van der Waals surface area contributed by atoms with E-state index in [1.54, 1.807) is 30.3 Å². The minimum atomic E-state index is -0.287. The second-order valence-electron chi connectivity index (χ2n) is 8.95. The van der Waals surface area contributed by atoms with Crippen molar-refractivity contribution in [3.63, 3.8) is 0 Å². The molecule has 2 aliphatic rings. The number of pyridine rings is 1. The van der Waals surface area contributed by atoms with Crippen molar-refractivity contribution in [1.29, 1.82) is 0 Å². The van der Waals surface area contributed by atoms with E-state index in [1.807, 2.05) is 32.0 Å². The first-order chi connectivity index (χ1) is 16.4. The predicted octanol–water partition coefficient (Wildman–Crippen LogP) is 3.98. The van der Waals surface area contributed by atoms with Gasteiger partial charge in [-0.2, -0.15) is 0 Å². The molecule has 8 heteroatoms. The lowest BCUT2D eigenvalue weighted by Crippen LogP contribution is -2.53. The number of carbonyl (C=O) groups is 1. The Kier molecular flexibility index (Phi) is 5.81. The van der Waals surface area contributed by atoms with Gasteiger partial charge in [0.2, 0.25) is 5.91 Å². The smallest absolute Gasteiger partial charge is 0.219 e. The van der Waals surface area contributed by atoms with Gasteiger partial charge in [0, 0.05) is 36.9 Å². The van der Waals surface area contributed by atoms with Crippen molar-refractivity contribution in [3.8, 4) is 11.1 Å². The highest BCUT2D eigenvalue weighted by Crippen LogP contribution is 2.38. The van der Waals surface area contributed by atoms with E-state index in [0.717, 1.165) is 39.4 Å².